The number of hydrogen-bond donors (Lipinski definition) is 0. The van der Waals surface area contributed by atoms with E-state index in [4.69, 9.17) is 11.2 Å². The molecular formula is C9H8OS. The minimum atomic E-state index is 0.514. The fraction of sp³-hybridized carbons (Fsp3) is 0.111. The molecule has 0 saturated carbocycles. The molecule has 11 heavy (non-hydrogen) atoms. The Bertz CT molecular complexity index is 237. The van der Waals surface area contributed by atoms with Crippen LogP contribution in [0.25, 0.3) is 0 Å². The van der Waals surface area contributed by atoms with Crippen molar-refractivity contribution >= 4 is 11.8 Å². The molecule has 1 rings (SSSR count). The van der Waals surface area contributed by atoms with E-state index in [2.05, 4.69) is 5.25 Å². The van der Waals surface area contributed by atoms with Gasteiger partial charge in [-0.15, -0.1) is 6.42 Å². The number of rotatable bonds is 3. The van der Waals surface area contributed by atoms with Crippen LogP contribution in [0.4, 0.5) is 0 Å². The van der Waals surface area contributed by atoms with Gasteiger partial charge >= 0.3 is 0 Å². The third kappa shape index (κ3) is 3.01. The van der Waals surface area contributed by atoms with Gasteiger partial charge in [-0.05, 0) is 29.1 Å². The zero-order valence-electron chi connectivity index (χ0n) is 5.99. The fourth-order valence-electron chi connectivity index (χ4n) is 0.648. The summed E-state index contributed by atoms with van der Waals surface area (Å²) < 4.78 is 5.27. The topological polar surface area (TPSA) is 9.23 Å². The average Bonchev–Trinajstić information content (AvgIpc) is 2.07. The Hall–Kier alpha value is -1.07. The first-order valence-electron chi connectivity index (χ1n) is 3.18. The van der Waals surface area contributed by atoms with Crippen molar-refractivity contribution in [1.29, 1.82) is 0 Å². The highest BCUT2D eigenvalue weighted by Gasteiger charge is 1.87. The van der Waals surface area contributed by atoms with Gasteiger partial charge in [0.2, 0.25) is 0 Å². The van der Waals surface area contributed by atoms with E-state index >= 15 is 0 Å². The zero-order chi connectivity index (χ0) is 7.94. The molecular weight excluding hydrogens is 156 g/mol. The number of para-hydroxylation sites is 1. The van der Waals surface area contributed by atoms with Crippen molar-refractivity contribution < 1.29 is 4.74 Å². The van der Waals surface area contributed by atoms with Gasteiger partial charge in [-0.1, -0.05) is 18.2 Å². The van der Waals surface area contributed by atoms with E-state index in [1.54, 1.807) is 0 Å². The van der Waals surface area contributed by atoms with E-state index in [0.29, 0.717) is 5.94 Å². The Labute approximate surface area is 70.8 Å². The Morgan fingerprint density at radius 1 is 1.36 bits per heavy atom. The van der Waals surface area contributed by atoms with Crippen molar-refractivity contribution in [3.8, 4) is 17.4 Å². The lowest BCUT2D eigenvalue weighted by molar-refractivity contribution is 0.394. The van der Waals surface area contributed by atoms with Crippen LogP contribution in [0.1, 0.15) is 0 Å². The summed E-state index contributed by atoms with van der Waals surface area (Å²) in [6, 6.07) is 9.60. The lowest BCUT2D eigenvalue weighted by Gasteiger charge is -2.00. The largest absolute Gasteiger partial charge is 0.482 e. The summed E-state index contributed by atoms with van der Waals surface area (Å²) in [5, 5.41) is 2.43. The number of benzene rings is 1. The second-order valence-electron chi connectivity index (χ2n) is 1.84. The lowest BCUT2D eigenvalue weighted by Crippen LogP contribution is -1.89. The normalized spacial score (nSPS) is 8.64. The Kier molecular flexibility index (Phi) is 3.43. The van der Waals surface area contributed by atoms with Crippen molar-refractivity contribution in [2.45, 2.75) is 0 Å². The van der Waals surface area contributed by atoms with Gasteiger partial charge in [0.05, 0.1) is 0 Å². The number of thioether (sulfide) groups is 1. The lowest BCUT2D eigenvalue weighted by atomic mass is 10.3. The van der Waals surface area contributed by atoms with Gasteiger partial charge in [-0.2, -0.15) is 0 Å². The van der Waals surface area contributed by atoms with Gasteiger partial charge in [0.15, 0.2) is 0 Å². The molecule has 0 radical (unpaired) electrons. The van der Waals surface area contributed by atoms with Crippen LogP contribution in [0.5, 0.6) is 5.75 Å². The minimum Gasteiger partial charge on any atom is -0.482 e. The summed E-state index contributed by atoms with van der Waals surface area (Å²) in [6.45, 7) is 0. The van der Waals surface area contributed by atoms with E-state index in [-0.39, 0.29) is 0 Å². The zero-order valence-corrected chi connectivity index (χ0v) is 6.80. The second-order valence-corrected chi connectivity index (χ2v) is 2.60. The van der Waals surface area contributed by atoms with Crippen LogP contribution < -0.4 is 4.74 Å². The molecule has 0 heterocycles. The maximum atomic E-state index is 5.27. The first kappa shape index (κ1) is 8.03. The monoisotopic (exact) mass is 164 g/mol. The Morgan fingerprint density at radius 3 is 2.73 bits per heavy atom. The molecule has 0 aliphatic rings. The van der Waals surface area contributed by atoms with Crippen LogP contribution in [0, 0.1) is 11.7 Å². The third-order valence-corrected chi connectivity index (χ3v) is 1.51. The molecule has 0 spiro atoms. The quantitative estimate of drug-likeness (QED) is 0.385. The molecule has 0 saturated heterocycles. The SMILES string of the molecule is C#CSCOc1ccccc1. The highest BCUT2D eigenvalue weighted by atomic mass is 32.2. The second kappa shape index (κ2) is 4.70. The summed E-state index contributed by atoms with van der Waals surface area (Å²) >= 11 is 1.31. The summed E-state index contributed by atoms with van der Waals surface area (Å²) in [5.74, 6) is 1.37. The molecule has 0 aliphatic heterocycles. The fourth-order valence-corrected chi connectivity index (χ4v) is 0.911. The van der Waals surface area contributed by atoms with Crippen molar-refractivity contribution in [3.05, 3.63) is 30.3 Å². The predicted molar refractivity (Wildman–Crippen MR) is 48.4 cm³/mol. The molecule has 0 unspecified atom stereocenters. The summed E-state index contributed by atoms with van der Waals surface area (Å²) in [6.07, 6.45) is 5.03. The van der Waals surface area contributed by atoms with Crippen molar-refractivity contribution in [2.75, 3.05) is 5.94 Å². The van der Waals surface area contributed by atoms with Gasteiger partial charge < -0.3 is 4.74 Å². The maximum absolute atomic E-state index is 5.27. The van der Waals surface area contributed by atoms with E-state index in [9.17, 15) is 0 Å². The molecule has 0 fully saturated rings. The standard InChI is InChI=1S/C9H8OS/c1-2-11-8-10-9-6-4-3-5-7-9/h1,3-7H,8H2. The van der Waals surface area contributed by atoms with E-state index < -0.39 is 0 Å². The molecule has 0 bridgehead atoms. The number of terminal acetylenes is 1. The van der Waals surface area contributed by atoms with E-state index in [0.717, 1.165) is 5.75 Å². The smallest absolute Gasteiger partial charge is 0.145 e. The Morgan fingerprint density at radius 2 is 2.09 bits per heavy atom. The van der Waals surface area contributed by atoms with Crippen molar-refractivity contribution in [1.82, 2.24) is 0 Å². The van der Waals surface area contributed by atoms with Crippen LogP contribution in [0.15, 0.2) is 30.3 Å². The molecule has 0 atom stereocenters. The van der Waals surface area contributed by atoms with Gasteiger partial charge in [-0.3, -0.25) is 0 Å². The molecule has 56 valence electrons. The van der Waals surface area contributed by atoms with Crippen LogP contribution in [0.3, 0.4) is 0 Å². The molecule has 1 nitrogen and oxygen atoms in total. The highest BCUT2D eigenvalue weighted by molar-refractivity contribution is 8.03. The Balaban J connectivity index is 2.35. The van der Waals surface area contributed by atoms with Gasteiger partial charge in [0.25, 0.3) is 0 Å². The molecule has 0 amide bonds. The van der Waals surface area contributed by atoms with Gasteiger partial charge in [0.1, 0.15) is 11.7 Å². The summed E-state index contributed by atoms with van der Waals surface area (Å²) in [5.41, 5.74) is 0. The van der Waals surface area contributed by atoms with Crippen LogP contribution in [0.2, 0.25) is 0 Å². The van der Waals surface area contributed by atoms with Crippen LogP contribution in [-0.4, -0.2) is 5.94 Å². The first-order valence-corrected chi connectivity index (χ1v) is 4.17. The highest BCUT2D eigenvalue weighted by Crippen LogP contribution is 2.10. The summed E-state index contributed by atoms with van der Waals surface area (Å²) in [4.78, 5) is 0. The van der Waals surface area contributed by atoms with Crippen molar-refractivity contribution in [2.24, 2.45) is 0 Å². The molecule has 1 aromatic carbocycles. The average molecular weight is 164 g/mol. The van der Waals surface area contributed by atoms with Crippen LogP contribution in [-0.2, 0) is 0 Å². The maximum Gasteiger partial charge on any atom is 0.145 e. The third-order valence-electron chi connectivity index (χ3n) is 1.11. The number of ether oxygens (including phenoxy) is 1. The molecule has 0 aliphatic carbocycles. The molecule has 2 heteroatoms. The summed E-state index contributed by atoms with van der Waals surface area (Å²) in [7, 11) is 0. The predicted octanol–water partition coefficient (Wildman–Crippen LogP) is 2.35. The minimum absolute atomic E-state index is 0.514. The molecule has 0 N–H and O–H groups in total. The van der Waals surface area contributed by atoms with Gasteiger partial charge in [-0.25, -0.2) is 0 Å². The first-order chi connectivity index (χ1) is 5.43. The van der Waals surface area contributed by atoms with E-state index in [1.165, 1.54) is 11.8 Å². The molecule has 0 aromatic heterocycles. The number of hydrogen-bond acceptors (Lipinski definition) is 2. The van der Waals surface area contributed by atoms with Gasteiger partial charge in [0, 0.05) is 0 Å². The van der Waals surface area contributed by atoms with E-state index in [1.807, 2.05) is 30.3 Å². The van der Waals surface area contributed by atoms with Crippen LogP contribution >= 0.6 is 11.8 Å². The molecule has 1 aromatic rings. The van der Waals surface area contributed by atoms with Crippen molar-refractivity contribution in [3.63, 3.8) is 0 Å².